The van der Waals surface area contributed by atoms with E-state index in [9.17, 15) is 25.1 Å². The normalized spacial score (nSPS) is 12.4. The number of carbonyl (C=O) groups is 1. The van der Waals surface area contributed by atoms with E-state index in [2.05, 4.69) is 6.92 Å². The lowest BCUT2D eigenvalue weighted by molar-refractivity contribution is -0.385. The topological polar surface area (TPSA) is 110 Å². The molecular formula is C17H23NO6. The maximum Gasteiger partial charge on any atom is 0.311 e. The Hall–Kier alpha value is -2.25. The number of ketones is 1. The highest BCUT2D eigenvalue weighted by atomic mass is 16.6. The summed E-state index contributed by atoms with van der Waals surface area (Å²) in [4.78, 5) is 22.0. The fourth-order valence-electron chi connectivity index (χ4n) is 2.04. The number of phenols is 1. The summed E-state index contributed by atoms with van der Waals surface area (Å²) < 4.78 is 5.18. The molecule has 0 fully saturated rings. The minimum absolute atomic E-state index is 0.0296. The van der Waals surface area contributed by atoms with Crippen molar-refractivity contribution < 1.29 is 24.7 Å². The summed E-state index contributed by atoms with van der Waals surface area (Å²) in [6, 6.07) is 3.47. The fourth-order valence-corrected chi connectivity index (χ4v) is 2.04. The molecule has 0 aliphatic rings. The van der Waals surface area contributed by atoms with Crippen molar-refractivity contribution in [3.05, 3.63) is 46.0 Å². The number of rotatable bonds is 11. The molecule has 0 amide bonds. The highest BCUT2D eigenvalue weighted by Gasteiger charge is 2.16. The number of hydrogen-bond acceptors (Lipinski definition) is 6. The Balaban J connectivity index is 2.45. The van der Waals surface area contributed by atoms with E-state index in [-0.39, 0.29) is 17.8 Å². The van der Waals surface area contributed by atoms with Crippen molar-refractivity contribution in [3.63, 3.8) is 0 Å². The number of aromatic hydroxyl groups is 1. The predicted molar refractivity (Wildman–Crippen MR) is 88.9 cm³/mol. The van der Waals surface area contributed by atoms with E-state index in [0.29, 0.717) is 6.61 Å². The Morgan fingerprint density at radius 3 is 2.79 bits per heavy atom. The molecule has 7 nitrogen and oxygen atoms in total. The highest BCUT2D eigenvalue weighted by molar-refractivity contribution is 5.97. The molecule has 0 heterocycles. The van der Waals surface area contributed by atoms with Crippen molar-refractivity contribution >= 4 is 11.5 Å². The molecule has 1 unspecified atom stereocenters. The number of nitrogens with zero attached hydrogens (tertiary/aromatic N) is 1. The third-order valence-corrected chi connectivity index (χ3v) is 3.38. The third kappa shape index (κ3) is 6.89. The predicted octanol–water partition coefficient (Wildman–Crippen LogP) is 3.34. The zero-order valence-corrected chi connectivity index (χ0v) is 13.7. The molecule has 0 spiro atoms. The van der Waals surface area contributed by atoms with Crippen molar-refractivity contribution in [1.29, 1.82) is 0 Å². The first-order valence-electron chi connectivity index (χ1n) is 7.92. The number of ether oxygens (including phenoxy) is 1. The number of carbonyl (C=O) groups excluding carboxylic acids is 1. The lowest BCUT2D eigenvalue weighted by Crippen LogP contribution is -2.09. The summed E-state index contributed by atoms with van der Waals surface area (Å²) in [5.41, 5.74) is -0.389. The second-order valence-electron chi connectivity index (χ2n) is 5.34. The molecule has 1 aromatic carbocycles. The summed E-state index contributed by atoms with van der Waals surface area (Å²) in [5.74, 6) is -0.844. The van der Waals surface area contributed by atoms with Crippen molar-refractivity contribution in [1.82, 2.24) is 0 Å². The molecule has 0 saturated carbocycles. The summed E-state index contributed by atoms with van der Waals surface area (Å²) in [6.45, 7) is 2.56. The lowest BCUT2D eigenvalue weighted by atomic mass is 10.1. The second-order valence-corrected chi connectivity index (χ2v) is 5.34. The van der Waals surface area contributed by atoms with E-state index < -0.39 is 22.7 Å². The maximum atomic E-state index is 12.0. The highest BCUT2D eigenvalue weighted by Crippen LogP contribution is 2.26. The van der Waals surface area contributed by atoms with Gasteiger partial charge in [-0.05, 0) is 24.6 Å². The van der Waals surface area contributed by atoms with Crippen molar-refractivity contribution in [2.45, 2.75) is 45.3 Å². The Kier molecular flexibility index (Phi) is 8.67. The summed E-state index contributed by atoms with van der Waals surface area (Å²) >= 11 is 0. The molecule has 0 radical (unpaired) electrons. The average Bonchev–Trinajstić information content (AvgIpc) is 2.54. The minimum atomic E-state index is -1.08. The van der Waals surface area contributed by atoms with E-state index >= 15 is 0 Å². The first kappa shape index (κ1) is 19.8. The number of benzene rings is 1. The largest absolute Gasteiger partial charge is 0.502 e. The molecule has 24 heavy (non-hydrogen) atoms. The van der Waals surface area contributed by atoms with Crippen LogP contribution in [0.2, 0.25) is 0 Å². The summed E-state index contributed by atoms with van der Waals surface area (Å²) in [7, 11) is 0. The summed E-state index contributed by atoms with van der Waals surface area (Å²) in [6.07, 6.45) is 5.89. The number of allylic oxidation sites excluding steroid dienone is 1. The molecule has 0 aliphatic carbocycles. The molecule has 1 rings (SSSR count). The smallest absolute Gasteiger partial charge is 0.311 e. The number of phenolic OH excluding ortho intramolecular Hbond substituents is 1. The Morgan fingerprint density at radius 1 is 1.38 bits per heavy atom. The van der Waals surface area contributed by atoms with E-state index in [1.54, 1.807) is 0 Å². The van der Waals surface area contributed by atoms with Gasteiger partial charge in [0.2, 0.25) is 0 Å². The van der Waals surface area contributed by atoms with E-state index in [1.807, 2.05) is 0 Å². The number of nitro groups is 1. The van der Waals surface area contributed by atoms with Crippen LogP contribution in [-0.4, -0.2) is 33.8 Å². The van der Waals surface area contributed by atoms with Gasteiger partial charge >= 0.3 is 5.69 Å². The number of nitro benzene ring substituents is 1. The molecule has 2 N–H and O–H groups in total. The summed E-state index contributed by atoms with van der Waals surface area (Å²) in [5, 5.41) is 29.7. The van der Waals surface area contributed by atoms with Gasteiger partial charge in [0.05, 0.1) is 11.5 Å². The third-order valence-electron chi connectivity index (χ3n) is 3.38. The van der Waals surface area contributed by atoms with Crippen LogP contribution >= 0.6 is 0 Å². The average molecular weight is 337 g/mol. The van der Waals surface area contributed by atoms with Crippen LogP contribution in [0.5, 0.6) is 5.75 Å². The van der Waals surface area contributed by atoms with Crippen molar-refractivity contribution in [2.75, 3.05) is 6.61 Å². The van der Waals surface area contributed by atoms with Gasteiger partial charge in [0.25, 0.3) is 0 Å². The second kappa shape index (κ2) is 10.5. The minimum Gasteiger partial charge on any atom is -0.502 e. The first-order valence-corrected chi connectivity index (χ1v) is 7.92. The van der Waals surface area contributed by atoms with Crippen LogP contribution in [0.15, 0.2) is 30.4 Å². The van der Waals surface area contributed by atoms with Crippen LogP contribution in [-0.2, 0) is 4.74 Å². The van der Waals surface area contributed by atoms with Gasteiger partial charge in [-0.15, -0.1) is 0 Å². The standard InChI is InChI=1S/C17H23NO6/c1-2-3-4-5-11-24-17(21)8-6-7-15(19)13-9-10-16(20)14(12-13)18(22)23/h6,8-10,12,17,20-21H,2-5,7,11H2,1H3. The molecule has 0 saturated heterocycles. The number of aliphatic hydroxyl groups excluding tert-OH is 1. The molecule has 0 aromatic heterocycles. The van der Waals surface area contributed by atoms with Crippen LogP contribution in [0.4, 0.5) is 5.69 Å². The van der Waals surface area contributed by atoms with Gasteiger partial charge in [-0.3, -0.25) is 14.9 Å². The lowest BCUT2D eigenvalue weighted by Gasteiger charge is -2.07. The van der Waals surface area contributed by atoms with Gasteiger partial charge in [0.1, 0.15) is 0 Å². The molecule has 0 bridgehead atoms. The van der Waals surface area contributed by atoms with Crippen LogP contribution < -0.4 is 0 Å². The van der Waals surface area contributed by atoms with Crippen molar-refractivity contribution in [3.8, 4) is 5.75 Å². The van der Waals surface area contributed by atoms with Gasteiger partial charge < -0.3 is 14.9 Å². The van der Waals surface area contributed by atoms with E-state index in [1.165, 1.54) is 18.2 Å². The van der Waals surface area contributed by atoms with Gasteiger partial charge in [-0.1, -0.05) is 32.3 Å². The number of unbranched alkanes of at least 4 members (excludes halogenated alkanes) is 3. The van der Waals surface area contributed by atoms with Crippen LogP contribution in [0, 0.1) is 10.1 Å². The number of Topliss-reactive ketones (excluding diaryl/α,β-unsaturated/α-hetero) is 1. The number of aliphatic hydroxyl groups is 1. The van der Waals surface area contributed by atoms with Gasteiger partial charge in [0.15, 0.2) is 17.8 Å². The maximum absolute atomic E-state index is 12.0. The van der Waals surface area contributed by atoms with Gasteiger partial charge in [0, 0.05) is 18.1 Å². The Morgan fingerprint density at radius 2 is 2.12 bits per heavy atom. The Bertz CT molecular complexity index is 584. The van der Waals surface area contributed by atoms with E-state index in [0.717, 1.165) is 37.8 Å². The van der Waals surface area contributed by atoms with Gasteiger partial charge in [-0.25, -0.2) is 0 Å². The van der Waals surface area contributed by atoms with Crippen LogP contribution in [0.3, 0.4) is 0 Å². The van der Waals surface area contributed by atoms with Crippen molar-refractivity contribution in [2.24, 2.45) is 0 Å². The quantitative estimate of drug-likeness (QED) is 0.160. The monoisotopic (exact) mass is 337 g/mol. The molecule has 1 aromatic rings. The van der Waals surface area contributed by atoms with E-state index in [4.69, 9.17) is 4.74 Å². The first-order chi connectivity index (χ1) is 11.5. The molecule has 1 atom stereocenters. The van der Waals surface area contributed by atoms with Crippen LogP contribution in [0.1, 0.15) is 49.4 Å². The molecule has 0 aliphatic heterocycles. The zero-order chi connectivity index (χ0) is 17.9. The SMILES string of the molecule is CCCCCCOC(O)C=CCC(=O)c1ccc(O)c([N+](=O)[O-])c1. The van der Waals surface area contributed by atoms with Gasteiger partial charge in [-0.2, -0.15) is 0 Å². The molecular weight excluding hydrogens is 314 g/mol. The fraction of sp³-hybridized carbons (Fsp3) is 0.471. The zero-order valence-electron chi connectivity index (χ0n) is 13.7. The molecule has 7 heteroatoms. The molecule has 132 valence electrons. The van der Waals surface area contributed by atoms with Crippen LogP contribution in [0.25, 0.3) is 0 Å². The number of hydrogen-bond donors (Lipinski definition) is 2. The Labute approximate surface area is 140 Å².